The van der Waals surface area contributed by atoms with Gasteiger partial charge in [-0.25, -0.2) is 9.59 Å². The van der Waals surface area contributed by atoms with Crippen LogP contribution in [0.25, 0.3) is 11.1 Å². The van der Waals surface area contributed by atoms with Gasteiger partial charge in [0.05, 0.1) is 24.3 Å². The third kappa shape index (κ3) is 3.65. The van der Waals surface area contributed by atoms with E-state index in [0.717, 1.165) is 11.1 Å². The smallest absolute Gasteiger partial charge is 0.340 e. The van der Waals surface area contributed by atoms with E-state index in [9.17, 15) is 9.59 Å². The summed E-state index contributed by atoms with van der Waals surface area (Å²) in [5.41, 5.74) is 14.4. The van der Waals surface area contributed by atoms with Gasteiger partial charge in [0, 0.05) is 11.4 Å². The summed E-state index contributed by atoms with van der Waals surface area (Å²) in [7, 11) is 0. The van der Waals surface area contributed by atoms with Crippen molar-refractivity contribution in [3.63, 3.8) is 0 Å². The Morgan fingerprint density at radius 2 is 1.17 bits per heavy atom. The largest absolute Gasteiger partial charge is 0.462 e. The quantitative estimate of drug-likeness (QED) is 0.646. The molecule has 0 bridgehead atoms. The summed E-state index contributed by atoms with van der Waals surface area (Å²) in [5, 5.41) is 0. The highest BCUT2D eigenvalue weighted by molar-refractivity contribution is 5.98. The lowest BCUT2D eigenvalue weighted by Crippen LogP contribution is -2.09. The molecule has 0 fully saturated rings. The van der Waals surface area contributed by atoms with E-state index in [1.165, 1.54) is 0 Å². The second kappa shape index (κ2) is 7.50. The summed E-state index contributed by atoms with van der Waals surface area (Å²) in [6, 6.07) is 10.0. The van der Waals surface area contributed by atoms with Crippen LogP contribution in [0.5, 0.6) is 0 Å². The molecule has 126 valence electrons. The first-order valence-corrected chi connectivity index (χ1v) is 7.61. The van der Waals surface area contributed by atoms with Gasteiger partial charge in [0.2, 0.25) is 0 Å². The van der Waals surface area contributed by atoms with Gasteiger partial charge in [-0.3, -0.25) is 0 Å². The summed E-state index contributed by atoms with van der Waals surface area (Å²) in [6.07, 6.45) is 0. The Labute approximate surface area is 140 Å². The van der Waals surface area contributed by atoms with Gasteiger partial charge in [-0.15, -0.1) is 0 Å². The summed E-state index contributed by atoms with van der Waals surface area (Å²) in [5.74, 6) is -0.976. The molecule has 2 aromatic carbocycles. The maximum atomic E-state index is 12.0. The van der Waals surface area contributed by atoms with Crippen molar-refractivity contribution in [1.29, 1.82) is 0 Å². The summed E-state index contributed by atoms with van der Waals surface area (Å²) < 4.78 is 10.00. The number of hydrogen-bond acceptors (Lipinski definition) is 6. The minimum absolute atomic E-state index is 0.261. The van der Waals surface area contributed by atoms with Gasteiger partial charge in [-0.2, -0.15) is 0 Å². The van der Waals surface area contributed by atoms with Gasteiger partial charge in [0.15, 0.2) is 0 Å². The lowest BCUT2D eigenvalue weighted by Gasteiger charge is -2.11. The molecule has 6 nitrogen and oxygen atoms in total. The van der Waals surface area contributed by atoms with Gasteiger partial charge in [-0.1, -0.05) is 12.1 Å². The Balaban J connectivity index is 2.45. The highest BCUT2D eigenvalue weighted by Crippen LogP contribution is 2.27. The molecule has 0 spiro atoms. The van der Waals surface area contributed by atoms with E-state index in [2.05, 4.69) is 0 Å². The summed E-state index contributed by atoms with van der Waals surface area (Å²) in [6.45, 7) is 3.97. The first-order valence-electron chi connectivity index (χ1n) is 7.61. The summed E-state index contributed by atoms with van der Waals surface area (Å²) in [4.78, 5) is 23.9. The molecule has 0 saturated carbocycles. The fraction of sp³-hybridized carbons (Fsp3) is 0.222. The first-order chi connectivity index (χ1) is 11.5. The molecule has 0 aromatic heterocycles. The highest BCUT2D eigenvalue weighted by Gasteiger charge is 2.15. The van der Waals surface area contributed by atoms with Crippen LogP contribution in [0.15, 0.2) is 36.4 Å². The third-order valence-corrected chi connectivity index (χ3v) is 3.43. The monoisotopic (exact) mass is 328 g/mol. The van der Waals surface area contributed by atoms with Crippen LogP contribution in [-0.4, -0.2) is 25.2 Å². The molecule has 0 saturated heterocycles. The number of hydrogen-bond donors (Lipinski definition) is 2. The molecule has 0 aliphatic rings. The van der Waals surface area contributed by atoms with Crippen LogP contribution in [0.2, 0.25) is 0 Å². The predicted molar refractivity (Wildman–Crippen MR) is 92.6 cm³/mol. The van der Waals surface area contributed by atoms with Gasteiger partial charge in [0.25, 0.3) is 0 Å². The number of rotatable bonds is 5. The molecular formula is C18H20N2O4. The van der Waals surface area contributed by atoms with Crippen molar-refractivity contribution >= 4 is 23.3 Å². The number of esters is 2. The van der Waals surface area contributed by atoms with E-state index >= 15 is 0 Å². The zero-order valence-corrected chi connectivity index (χ0v) is 13.7. The fourth-order valence-electron chi connectivity index (χ4n) is 2.24. The van der Waals surface area contributed by atoms with Crippen LogP contribution in [0.3, 0.4) is 0 Å². The second-order valence-corrected chi connectivity index (χ2v) is 5.04. The van der Waals surface area contributed by atoms with Crippen molar-refractivity contribution < 1.29 is 19.1 Å². The number of benzene rings is 2. The van der Waals surface area contributed by atoms with E-state index in [-0.39, 0.29) is 24.3 Å². The van der Waals surface area contributed by atoms with E-state index < -0.39 is 11.9 Å². The molecule has 0 aliphatic heterocycles. The topological polar surface area (TPSA) is 105 Å². The van der Waals surface area contributed by atoms with Crippen molar-refractivity contribution in [3.8, 4) is 11.1 Å². The number of nitrogen functional groups attached to an aromatic ring is 2. The van der Waals surface area contributed by atoms with Gasteiger partial charge in [-0.05, 0) is 49.2 Å². The van der Waals surface area contributed by atoms with Crippen molar-refractivity contribution in [1.82, 2.24) is 0 Å². The predicted octanol–water partition coefficient (Wildman–Crippen LogP) is 2.87. The molecule has 2 aromatic rings. The van der Waals surface area contributed by atoms with E-state index in [1.807, 2.05) is 0 Å². The molecule has 0 heterocycles. The maximum Gasteiger partial charge on any atom is 0.340 e. The highest BCUT2D eigenvalue weighted by atomic mass is 16.5. The lowest BCUT2D eigenvalue weighted by atomic mass is 9.99. The average molecular weight is 328 g/mol. The van der Waals surface area contributed by atoms with Crippen LogP contribution in [0.1, 0.15) is 34.6 Å². The second-order valence-electron chi connectivity index (χ2n) is 5.04. The Morgan fingerprint density at radius 3 is 1.50 bits per heavy atom. The lowest BCUT2D eigenvalue weighted by molar-refractivity contribution is 0.0517. The summed E-state index contributed by atoms with van der Waals surface area (Å²) >= 11 is 0. The first kappa shape index (κ1) is 17.3. The number of ether oxygens (including phenoxy) is 2. The van der Waals surface area contributed by atoms with Crippen molar-refractivity contribution in [3.05, 3.63) is 47.5 Å². The molecule has 0 unspecified atom stereocenters. The van der Waals surface area contributed by atoms with Gasteiger partial charge in [0.1, 0.15) is 0 Å². The zero-order chi connectivity index (χ0) is 17.7. The minimum atomic E-state index is -0.488. The van der Waals surface area contributed by atoms with Crippen LogP contribution in [0, 0.1) is 0 Å². The number of anilines is 2. The van der Waals surface area contributed by atoms with E-state index in [0.29, 0.717) is 11.4 Å². The number of nitrogens with two attached hydrogens (primary N) is 2. The van der Waals surface area contributed by atoms with E-state index in [4.69, 9.17) is 20.9 Å². The van der Waals surface area contributed by atoms with Crippen LogP contribution < -0.4 is 11.5 Å². The van der Waals surface area contributed by atoms with Gasteiger partial charge < -0.3 is 20.9 Å². The molecular weight excluding hydrogens is 308 g/mol. The molecule has 6 heteroatoms. The van der Waals surface area contributed by atoms with Crippen LogP contribution >= 0.6 is 0 Å². The Bertz CT molecular complexity index is 706. The van der Waals surface area contributed by atoms with Crippen molar-refractivity contribution in [2.24, 2.45) is 0 Å². The molecule has 0 amide bonds. The fourth-order valence-corrected chi connectivity index (χ4v) is 2.24. The van der Waals surface area contributed by atoms with Gasteiger partial charge >= 0.3 is 11.9 Å². The standard InChI is InChI=1S/C18H20N2O4/c1-3-23-17(21)13-9-11(5-7-15(13)19)12-6-8-16(20)14(10-12)18(22)24-4-2/h5-10H,3-4,19-20H2,1-2H3. The van der Waals surface area contributed by atoms with Crippen LogP contribution in [0.4, 0.5) is 11.4 Å². The Hall–Kier alpha value is -3.02. The molecule has 0 radical (unpaired) electrons. The molecule has 24 heavy (non-hydrogen) atoms. The normalized spacial score (nSPS) is 10.2. The number of carbonyl (C=O) groups excluding carboxylic acids is 2. The molecule has 0 aliphatic carbocycles. The number of carbonyl (C=O) groups is 2. The molecule has 2 rings (SSSR count). The maximum absolute atomic E-state index is 12.0. The Kier molecular flexibility index (Phi) is 5.42. The van der Waals surface area contributed by atoms with Crippen molar-refractivity contribution in [2.45, 2.75) is 13.8 Å². The third-order valence-electron chi connectivity index (χ3n) is 3.43. The minimum Gasteiger partial charge on any atom is -0.462 e. The average Bonchev–Trinajstić information content (AvgIpc) is 2.56. The van der Waals surface area contributed by atoms with E-state index in [1.54, 1.807) is 50.2 Å². The zero-order valence-electron chi connectivity index (χ0n) is 13.7. The molecule has 0 atom stereocenters. The molecule has 4 N–H and O–H groups in total. The SMILES string of the molecule is CCOC(=O)c1cc(-c2ccc(N)c(C(=O)OCC)c2)ccc1N. The Morgan fingerprint density at radius 1 is 0.792 bits per heavy atom. The van der Waals surface area contributed by atoms with Crippen molar-refractivity contribution in [2.75, 3.05) is 24.7 Å². The van der Waals surface area contributed by atoms with Crippen LogP contribution in [-0.2, 0) is 9.47 Å².